The van der Waals surface area contributed by atoms with Crippen LogP contribution in [-0.2, 0) is 9.47 Å². The van der Waals surface area contributed by atoms with Crippen LogP contribution in [0.15, 0.2) is 36.7 Å². The Balaban J connectivity index is 1.53. The first-order chi connectivity index (χ1) is 16.8. The number of hydrogen-bond donors (Lipinski definition) is 1. The van der Waals surface area contributed by atoms with Crippen molar-refractivity contribution in [1.29, 1.82) is 0 Å². The number of fused-ring (bicyclic) bond motifs is 1. The molecular weight excluding hydrogens is 444 g/mol. The fraction of sp³-hybridized carbons (Fsp3) is 0.519. The summed E-state index contributed by atoms with van der Waals surface area (Å²) in [5.41, 5.74) is 3.27. The standard InChI is InChI=1S/C27H36N4O4/c1-6-33-25-20(11-13-23-21(25)17-30-31(23)24-9-7-8-14-34-24)22-12-10-19(16-28-22)18(2)15-29-26(32)35-27(3,4)5/h10-13,16-18,24H,6-9,14-15H2,1-5H3,(H,29,32). The summed E-state index contributed by atoms with van der Waals surface area (Å²) in [7, 11) is 0. The van der Waals surface area contributed by atoms with Gasteiger partial charge in [0, 0.05) is 30.8 Å². The van der Waals surface area contributed by atoms with Gasteiger partial charge in [-0.15, -0.1) is 0 Å². The highest BCUT2D eigenvalue weighted by Crippen LogP contribution is 2.38. The van der Waals surface area contributed by atoms with Gasteiger partial charge in [-0.3, -0.25) is 4.98 Å². The fourth-order valence-electron chi connectivity index (χ4n) is 4.27. The maximum atomic E-state index is 12.0. The largest absolute Gasteiger partial charge is 0.492 e. The molecule has 2 aromatic heterocycles. The van der Waals surface area contributed by atoms with E-state index in [1.165, 1.54) is 0 Å². The number of benzene rings is 1. The molecule has 3 heterocycles. The van der Waals surface area contributed by atoms with E-state index in [0.29, 0.717) is 13.2 Å². The Labute approximate surface area is 207 Å². The van der Waals surface area contributed by atoms with E-state index in [-0.39, 0.29) is 12.1 Å². The zero-order chi connectivity index (χ0) is 25.0. The SMILES string of the molecule is CCOc1c(-c2ccc(C(C)CNC(=O)OC(C)(C)C)cn2)ccc2c1cnn2C1CCCCO1. The lowest BCUT2D eigenvalue weighted by Crippen LogP contribution is -2.34. The highest BCUT2D eigenvalue weighted by atomic mass is 16.6. The van der Waals surface area contributed by atoms with Crippen molar-refractivity contribution < 1.29 is 19.0 Å². The van der Waals surface area contributed by atoms with Crippen LogP contribution in [0.5, 0.6) is 5.75 Å². The quantitative estimate of drug-likeness (QED) is 0.458. The smallest absolute Gasteiger partial charge is 0.407 e. The van der Waals surface area contributed by atoms with Gasteiger partial charge in [0.25, 0.3) is 0 Å². The molecule has 35 heavy (non-hydrogen) atoms. The molecule has 0 saturated carbocycles. The number of rotatable bonds is 7. The van der Waals surface area contributed by atoms with Crippen molar-refractivity contribution in [3.05, 3.63) is 42.2 Å². The molecule has 1 amide bonds. The Kier molecular flexibility index (Phi) is 7.60. The van der Waals surface area contributed by atoms with E-state index >= 15 is 0 Å². The highest BCUT2D eigenvalue weighted by molar-refractivity contribution is 5.92. The highest BCUT2D eigenvalue weighted by Gasteiger charge is 2.22. The molecular formula is C27H36N4O4. The van der Waals surface area contributed by atoms with Crippen LogP contribution in [0.2, 0.25) is 0 Å². The molecule has 1 aliphatic heterocycles. The molecule has 1 aromatic carbocycles. The van der Waals surface area contributed by atoms with Crippen molar-refractivity contribution in [1.82, 2.24) is 20.1 Å². The Hall–Kier alpha value is -3.13. The second-order valence-corrected chi connectivity index (χ2v) is 9.98. The summed E-state index contributed by atoms with van der Waals surface area (Å²) in [5.74, 6) is 0.874. The molecule has 8 nitrogen and oxygen atoms in total. The maximum absolute atomic E-state index is 12.0. The average Bonchev–Trinajstić information content (AvgIpc) is 3.27. The molecule has 0 aliphatic carbocycles. The number of hydrogen-bond acceptors (Lipinski definition) is 6. The Morgan fingerprint density at radius 3 is 2.71 bits per heavy atom. The monoisotopic (exact) mass is 480 g/mol. The zero-order valence-electron chi connectivity index (χ0n) is 21.3. The van der Waals surface area contributed by atoms with Crippen LogP contribution >= 0.6 is 0 Å². The lowest BCUT2D eigenvalue weighted by Gasteiger charge is -2.23. The van der Waals surface area contributed by atoms with E-state index < -0.39 is 11.7 Å². The summed E-state index contributed by atoms with van der Waals surface area (Å²) >= 11 is 0. The minimum atomic E-state index is -0.518. The second-order valence-electron chi connectivity index (χ2n) is 9.98. The molecule has 1 saturated heterocycles. The third kappa shape index (κ3) is 5.93. The molecule has 2 atom stereocenters. The summed E-state index contributed by atoms with van der Waals surface area (Å²) < 4.78 is 19.3. The van der Waals surface area contributed by atoms with E-state index in [9.17, 15) is 4.79 Å². The molecule has 0 bridgehead atoms. The van der Waals surface area contributed by atoms with Gasteiger partial charge >= 0.3 is 6.09 Å². The fourth-order valence-corrected chi connectivity index (χ4v) is 4.27. The van der Waals surface area contributed by atoms with E-state index in [1.807, 2.05) is 69.9 Å². The molecule has 188 valence electrons. The number of alkyl carbamates (subject to hydrolysis) is 1. The zero-order valence-corrected chi connectivity index (χ0v) is 21.3. The topological polar surface area (TPSA) is 87.5 Å². The van der Waals surface area contributed by atoms with Crippen LogP contribution in [0, 0.1) is 0 Å². The Morgan fingerprint density at radius 1 is 1.23 bits per heavy atom. The van der Waals surface area contributed by atoms with Gasteiger partial charge in [-0.25, -0.2) is 9.48 Å². The molecule has 1 N–H and O–H groups in total. The molecule has 1 fully saturated rings. The maximum Gasteiger partial charge on any atom is 0.407 e. The third-order valence-corrected chi connectivity index (χ3v) is 6.03. The van der Waals surface area contributed by atoms with Gasteiger partial charge in [-0.1, -0.05) is 13.0 Å². The van der Waals surface area contributed by atoms with Crippen LogP contribution in [0.1, 0.15) is 71.6 Å². The van der Waals surface area contributed by atoms with Gasteiger partial charge < -0.3 is 19.5 Å². The number of carbonyl (C=O) groups excluding carboxylic acids is 1. The van der Waals surface area contributed by atoms with Crippen molar-refractivity contribution in [2.24, 2.45) is 0 Å². The average molecular weight is 481 g/mol. The van der Waals surface area contributed by atoms with Crippen LogP contribution < -0.4 is 10.1 Å². The van der Waals surface area contributed by atoms with Gasteiger partial charge in [0.2, 0.25) is 0 Å². The van der Waals surface area contributed by atoms with Gasteiger partial charge in [0.1, 0.15) is 11.4 Å². The summed E-state index contributed by atoms with van der Waals surface area (Å²) in [6, 6.07) is 8.16. The molecule has 2 unspecified atom stereocenters. The summed E-state index contributed by atoms with van der Waals surface area (Å²) in [6.07, 6.45) is 6.48. The Bertz CT molecular complexity index is 1140. The number of carbonyl (C=O) groups is 1. The molecule has 0 radical (unpaired) electrons. The first kappa shape index (κ1) is 25.0. The van der Waals surface area contributed by atoms with Crippen molar-refractivity contribution in [2.45, 2.75) is 71.6 Å². The molecule has 0 spiro atoms. The minimum absolute atomic E-state index is 0.0326. The van der Waals surface area contributed by atoms with E-state index in [2.05, 4.69) is 16.5 Å². The van der Waals surface area contributed by atoms with Crippen molar-refractivity contribution in [3.8, 4) is 17.0 Å². The molecule has 1 aliphatic rings. The first-order valence-electron chi connectivity index (χ1n) is 12.4. The van der Waals surface area contributed by atoms with Gasteiger partial charge in [-0.2, -0.15) is 5.10 Å². The van der Waals surface area contributed by atoms with Crippen LogP contribution in [0.3, 0.4) is 0 Å². The van der Waals surface area contributed by atoms with Gasteiger partial charge in [-0.05, 0) is 70.7 Å². The van der Waals surface area contributed by atoms with E-state index in [1.54, 1.807) is 0 Å². The van der Waals surface area contributed by atoms with Gasteiger partial charge in [0.05, 0.1) is 29.4 Å². The number of pyridine rings is 1. The lowest BCUT2D eigenvalue weighted by molar-refractivity contribution is -0.0366. The number of ether oxygens (including phenoxy) is 3. The summed E-state index contributed by atoms with van der Waals surface area (Å²) in [5, 5.41) is 8.43. The van der Waals surface area contributed by atoms with Crippen LogP contribution in [0.25, 0.3) is 22.2 Å². The van der Waals surface area contributed by atoms with Crippen LogP contribution in [0.4, 0.5) is 4.79 Å². The molecule has 8 heteroatoms. The predicted octanol–water partition coefficient (Wildman–Crippen LogP) is 5.82. The predicted molar refractivity (Wildman–Crippen MR) is 136 cm³/mol. The number of amides is 1. The minimum Gasteiger partial charge on any atom is -0.492 e. The van der Waals surface area contributed by atoms with Crippen molar-refractivity contribution >= 4 is 17.0 Å². The summed E-state index contributed by atoms with van der Waals surface area (Å²) in [4.78, 5) is 16.7. The number of nitrogens with zero attached hydrogens (tertiary/aromatic N) is 3. The molecule has 3 aromatic rings. The second kappa shape index (κ2) is 10.6. The molecule has 4 rings (SSSR count). The van der Waals surface area contributed by atoms with E-state index in [4.69, 9.17) is 19.2 Å². The third-order valence-electron chi connectivity index (χ3n) is 6.03. The normalized spacial score (nSPS) is 17.2. The van der Waals surface area contributed by atoms with Crippen LogP contribution in [-0.4, -0.2) is 46.2 Å². The van der Waals surface area contributed by atoms with Crippen molar-refractivity contribution in [2.75, 3.05) is 19.8 Å². The first-order valence-corrected chi connectivity index (χ1v) is 12.4. The Morgan fingerprint density at radius 2 is 2.06 bits per heavy atom. The van der Waals surface area contributed by atoms with Crippen molar-refractivity contribution in [3.63, 3.8) is 0 Å². The van der Waals surface area contributed by atoms with Gasteiger partial charge in [0.15, 0.2) is 6.23 Å². The lowest BCUT2D eigenvalue weighted by atomic mass is 10.0. The van der Waals surface area contributed by atoms with E-state index in [0.717, 1.165) is 59.3 Å². The number of aromatic nitrogens is 3. The summed E-state index contributed by atoms with van der Waals surface area (Å²) in [6.45, 7) is 11.4. The number of nitrogens with one attached hydrogen (secondary N) is 1.